The van der Waals surface area contributed by atoms with Crippen molar-refractivity contribution in [3.8, 4) is 5.69 Å². The zero-order chi connectivity index (χ0) is 19.0. The Kier molecular flexibility index (Phi) is 4.86. The Bertz CT molecular complexity index is 1020. The van der Waals surface area contributed by atoms with Crippen molar-refractivity contribution in [3.05, 3.63) is 57.5 Å². The molecule has 0 aliphatic heterocycles. The number of aliphatic hydroxyl groups is 2. The second-order valence-corrected chi connectivity index (χ2v) is 5.73. The summed E-state index contributed by atoms with van der Waals surface area (Å²) in [5, 5.41) is 19.2. The Morgan fingerprint density at radius 1 is 1.23 bits per heavy atom. The topological polar surface area (TPSA) is 91.5 Å². The van der Waals surface area contributed by atoms with E-state index >= 15 is 0 Å². The van der Waals surface area contributed by atoms with Crippen LogP contribution in [0.2, 0.25) is 5.15 Å². The van der Waals surface area contributed by atoms with Crippen LogP contribution in [0.15, 0.2) is 35.1 Å². The van der Waals surface area contributed by atoms with Crippen molar-refractivity contribution in [2.45, 2.75) is 13.2 Å². The van der Waals surface area contributed by atoms with Crippen molar-refractivity contribution in [2.24, 2.45) is 0 Å². The van der Waals surface area contributed by atoms with Gasteiger partial charge in [0.05, 0.1) is 5.39 Å². The number of hydrogen-bond acceptors (Lipinski definition) is 6. The summed E-state index contributed by atoms with van der Waals surface area (Å²) in [5.74, 6) is -2.15. The van der Waals surface area contributed by atoms with Crippen LogP contribution < -0.4 is 10.5 Å². The van der Waals surface area contributed by atoms with Crippen molar-refractivity contribution in [3.63, 3.8) is 0 Å². The van der Waals surface area contributed by atoms with Crippen molar-refractivity contribution < 1.29 is 19.0 Å². The Morgan fingerprint density at radius 2 is 1.88 bits per heavy atom. The first-order chi connectivity index (χ1) is 12.3. The van der Waals surface area contributed by atoms with E-state index in [9.17, 15) is 23.8 Å². The maximum atomic E-state index is 14.2. The Morgan fingerprint density at radius 3 is 2.46 bits per heavy atom. The molecule has 1 aromatic carbocycles. The van der Waals surface area contributed by atoms with Gasteiger partial charge in [0.15, 0.2) is 5.65 Å². The van der Waals surface area contributed by atoms with Gasteiger partial charge in [-0.2, -0.15) is 4.98 Å². The van der Waals surface area contributed by atoms with E-state index in [0.29, 0.717) is 0 Å². The van der Waals surface area contributed by atoms with E-state index in [1.165, 1.54) is 19.1 Å². The molecule has 1 atom stereocenters. The highest BCUT2D eigenvalue weighted by Gasteiger charge is 2.21. The standard InChI is InChI=1S/C16H13ClF2N4O3/c1-8(25)22(7-24)16-20-14(17)9-5-6-12(26)23(15(9)21-16)13-10(18)3-2-4-11(13)19/h2-6,8,24-25H,7H2,1H3. The van der Waals surface area contributed by atoms with Crippen molar-refractivity contribution in [1.29, 1.82) is 0 Å². The molecule has 0 spiro atoms. The lowest BCUT2D eigenvalue weighted by Gasteiger charge is -2.23. The van der Waals surface area contributed by atoms with E-state index in [2.05, 4.69) is 9.97 Å². The van der Waals surface area contributed by atoms with Crippen LogP contribution in [0.1, 0.15) is 6.92 Å². The lowest BCUT2D eigenvalue weighted by Crippen LogP contribution is -2.35. The van der Waals surface area contributed by atoms with Crippen LogP contribution in [0.5, 0.6) is 0 Å². The van der Waals surface area contributed by atoms with Crippen LogP contribution in [0.3, 0.4) is 0 Å². The summed E-state index contributed by atoms with van der Waals surface area (Å²) in [7, 11) is 0. The number of aromatic nitrogens is 3. The average molecular weight is 383 g/mol. The summed E-state index contributed by atoms with van der Waals surface area (Å²) < 4.78 is 29.2. The third-order valence-corrected chi connectivity index (χ3v) is 4.00. The Hall–Kier alpha value is -2.62. The minimum atomic E-state index is -1.18. The molecule has 0 bridgehead atoms. The summed E-state index contributed by atoms with van der Waals surface area (Å²) in [6, 6.07) is 5.58. The van der Waals surface area contributed by atoms with Gasteiger partial charge in [-0.1, -0.05) is 17.7 Å². The molecule has 136 valence electrons. The molecule has 2 aromatic heterocycles. The van der Waals surface area contributed by atoms with Gasteiger partial charge in [-0.05, 0) is 25.1 Å². The number of anilines is 1. The largest absolute Gasteiger partial charge is 0.376 e. The van der Waals surface area contributed by atoms with Crippen molar-refractivity contribution in [1.82, 2.24) is 14.5 Å². The molecule has 26 heavy (non-hydrogen) atoms. The van der Waals surface area contributed by atoms with E-state index in [-0.39, 0.29) is 22.1 Å². The number of halogens is 3. The van der Waals surface area contributed by atoms with Gasteiger partial charge >= 0.3 is 0 Å². The van der Waals surface area contributed by atoms with Gasteiger partial charge < -0.3 is 10.2 Å². The molecule has 3 rings (SSSR count). The first-order valence-corrected chi connectivity index (χ1v) is 7.82. The monoisotopic (exact) mass is 382 g/mol. The fraction of sp³-hybridized carbons (Fsp3) is 0.188. The molecule has 3 aromatic rings. The zero-order valence-corrected chi connectivity index (χ0v) is 14.2. The van der Waals surface area contributed by atoms with Crippen LogP contribution in [0.4, 0.5) is 14.7 Å². The Labute approximate surface area is 150 Å². The zero-order valence-electron chi connectivity index (χ0n) is 13.4. The van der Waals surface area contributed by atoms with Crippen molar-refractivity contribution >= 4 is 28.6 Å². The van der Waals surface area contributed by atoms with Crippen LogP contribution in [0.25, 0.3) is 16.7 Å². The maximum absolute atomic E-state index is 14.2. The van der Waals surface area contributed by atoms with Gasteiger partial charge in [0.1, 0.15) is 35.4 Å². The minimum absolute atomic E-state index is 0.116. The quantitative estimate of drug-likeness (QED) is 0.528. The number of hydrogen-bond donors (Lipinski definition) is 2. The predicted octanol–water partition coefficient (Wildman–Crippen LogP) is 1.81. The summed E-state index contributed by atoms with van der Waals surface area (Å²) in [5.41, 5.74) is -1.53. The highest BCUT2D eigenvalue weighted by atomic mass is 35.5. The number of pyridine rings is 1. The second kappa shape index (κ2) is 6.94. The number of nitrogens with zero attached hydrogens (tertiary/aromatic N) is 4. The number of para-hydroxylation sites is 1. The van der Waals surface area contributed by atoms with Crippen LogP contribution >= 0.6 is 11.6 Å². The van der Waals surface area contributed by atoms with Gasteiger partial charge in [-0.3, -0.25) is 14.3 Å². The van der Waals surface area contributed by atoms with E-state index in [1.54, 1.807) is 0 Å². The molecular weight excluding hydrogens is 370 g/mol. The maximum Gasteiger partial charge on any atom is 0.256 e. The smallest absolute Gasteiger partial charge is 0.256 e. The normalized spacial score (nSPS) is 12.4. The predicted molar refractivity (Wildman–Crippen MR) is 91.3 cm³/mol. The fourth-order valence-corrected chi connectivity index (χ4v) is 2.69. The molecule has 0 aliphatic carbocycles. The van der Waals surface area contributed by atoms with E-state index in [0.717, 1.165) is 27.7 Å². The first kappa shape index (κ1) is 18.2. The second-order valence-electron chi connectivity index (χ2n) is 5.37. The lowest BCUT2D eigenvalue weighted by atomic mass is 10.2. The first-order valence-electron chi connectivity index (χ1n) is 7.44. The van der Waals surface area contributed by atoms with Crippen LogP contribution in [-0.2, 0) is 0 Å². The van der Waals surface area contributed by atoms with E-state index in [4.69, 9.17) is 11.6 Å². The van der Waals surface area contributed by atoms with Gasteiger partial charge in [-0.15, -0.1) is 0 Å². The molecule has 0 amide bonds. The molecule has 0 aliphatic rings. The van der Waals surface area contributed by atoms with Crippen molar-refractivity contribution in [2.75, 3.05) is 11.6 Å². The number of benzene rings is 1. The van der Waals surface area contributed by atoms with Crippen LogP contribution in [-0.4, -0.2) is 37.7 Å². The fourth-order valence-electron chi connectivity index (χ4n) is 2.46. The highest BCUT2D eigenvalue weighted by molar-refractivity contribution is 6.34. The average Bonchev–Trinajstić information content (AvgIpc) is 2.56. The number of aliphatic hydroxyl groups excluding tert-OH is 2. The molecular formula is C16H13ClF2N4O3. The summed E-state index contributed by atoms with van der Waals surface area (Å²) >= 11 is 6.12. The van der Waals surface area contributed by atoms with Gasteiger partial charge in [0.2, 0.25) is 5.95 Å². The Balaban J connectivity index is 2.42. The number of fused-ring (bicyclic) bond motifs is 1. The molecule has 1 unspecified atom stereocenters. The molecule has 2 heterocycles. The van der Waals surface area contributed by atoms with E-state index in [1.807, 2.05) is 0 Å². The molecule has 0 radical (unpaired) electrons. The lowest BCUT2D eigenvalue weighted by molar-refractivity contribution is 0.149. The molecule has 10 heteroatoms. The molecule has 2 N–H and O–H groups in total. The third-order valence-electron chi connectivity index (χ3n) is 3.71. The summed E-state index contributed by atoms with van der Waals surface area (Å²) in [4.78, 5) is 21.4. The van der Waals surface area contributed by atoms with E-state index < -0.39 is 35.8 Å². The third kappa shape index (κ3) is 3.00. The molecule has 0 saturated heterocycles. The van der Waals surface area contributed by atoms with Gasteiger partial charge in [0, 0.05) is 6.07 Å². The minimum Gasteiger partial charge on any atom is -0.376 e. The SMILES string of the molecule is CC(O)N(CO)c1nc(Cl)c2ccc(=O)n(-c3c(F)cccc3F)c2n1. The molecule has 0 saturated carbocycles. The van der Waals surface area contributed by atoms with Gasteiger partial charge in [-0.25, -0.2) is 13.8 Å². The van der Waals surface area contributed by atoms with Crippen LogP contribution in [0, 0.1) is 11.6 Å². The highest BCUT2D eigenvalue weighted by Crippen LogP contribution is 2.26. The molecule has 7 nitrogen and oxygen atoms in total. The summed E-state index contributed by atoms with van der Waals surface area (Å²) in [6.45, 7) is 0.705. The number of rotatable bonds is 4. The van der Waals surface area contributed by atoms with Gasteiger partial charge in [0.25, 0.3) is 5.56 Å². The summed E-state index contributed by atoms with van der Waals surface area (Å²) in [6.07, 6.45) is -1.18. The molecule has 0 fully saturated rings.